The van der Waals surface area contributed by atoms with Crippen LogP contribution in [0.5, 0.6) is 0 Å². The molecule has 114 valence electrons. The minimum atomic E-state index is -3.39. The Morgan fingerprint density at radius 2 is 2.00 bits per heavy atom. The number of nitrogens with one attached hydrogen (secondary N) is 1. The zero-order valence-electron chi connectivity index (χ0n) is 12.1. The lowest BCUT2D eigenvalue weighted by Gasteiger charge is -2.34. The third-order valence-corrected chi connectivity index (χ3v) is 6.55. The van der Waals surface area contributed by atoms with Gasteiger partial charge in [0.05, 0.1) is 12.2 Å². The Balaban J connectivity index is 2.15. The molecule has 0 amide bonds. The summed E-state index contributed by atoms with van der Waals surface area (Å²) in [7, 11) is -3.39. The van der Waals surface area contributed by atoms with Crippen LogP contribution in [0.1, 0.15) is 25.6 Å². The molecule has 0 saturated carbocycles. The number of hydrogen-bond donors (Lipinski definition) is 1. The Hall–Kier alpha value is -0.470. The molecule has 0 bridgehead atoms. The Kier molecular flexibility index (Phi) is 5.19. The van der Waals surface area contributed by atoms with E-state index in [-0.39, 0.29) is 12.2 Å². The van der Waals surface area contributed by atoms with E-state index in [4.69, 9.17) is 4.74 Å². The third kappa shape index (κ3) is 3.59. The number of sulfonamides is 1. The summed E-state index contributed by atoms with van der Waals surface area (Å²) >= 11 is 1.34. The Labute approximate surface area is 125 Å². The average Bonchev–Trinajstić information content (AvgIpc) is 2.84. The molecule has 1 aliphatic rings. The van der Waals surface area contributed by atoms with Crippen LogP contribution in [0.2, 0.25) is 0 Å². The highest BCUT2D eigenvalue weighted by Crippen LogP contribution is 2.27. The summed E-state index contributed by atoms with van der Waals surface area (Å²) in [6.07, 6.45) is -0.121. The van der Waals surface area contributed by atoms with Crippen LogP contribution < -0.4 is 5.32 Å². The standard InChI is InChI=1S/C13H22N2O3S2/c1-4-14-7-12-5-6-13(19-12)20(16,17)15-8-10(2)18-11(3)9-15/h5-6,10-11,14H,4,7-9H2,1-3H3/t10-,11+. The number of ether oxygens (including phenoxy) is 1. The Morgan fingerprint density at radius 3 is 2.60 bits per heavy atom. The van der Waals surface area contributed by atoms with Crippen LogP contribution in [-0.2, 0) is 21.3 Å². The van der Waals surface area contributed by atoms with Crippen LogP contribution in [0, 0.1) is 0 Å². The SMILES string of the molecule is CCNCc1ccc(S(=O)(=O)N2C[C@@H](C)O[C@@H](C)C2)s1. The number of thiophene rings is 1. The summed E-state index contributed by atoms with van der Waals surface area (Å²) in [5.74, 6) is 0. The highest BCUT2D eigenvalue weighted by atomic mass is 32.2. The second-order valence-electron chi connectivity index (χ2n) is 5.08. The highest BCUT2D eigenvalue weighted by Gasteiger charge is 2.33. The van der Waals surface area contributed by atoms with Crippen molar-refractivity contribution >= 4 is 21.4 Å². The topological polar surface area (TPSA) is 58.6 Å². The van der Waals surface area contributed by atoms with Gasteiger partial charge in [0.15, 0.2) is 0 Å². The molecule has 0 unspecified atom stereocenters. The lowest BCUT2D eigenvalue weighted by atomic mass is 10.3. The normalized spacial score (nSPS) is 24.9. The van der Waals surface area contributed by atoms with Gasteiger partial charge in [0, 0.05) is 24.5 Å². The van der Waals surface area contributed by atoms with E-state index in [0.717, 1.165) is 11.4 Å². The molecular formula is C13H22N2O3S2. The van der Waals surface area contributed by atoms with Crippen molar-refractivity contribution in [2.45, 2.75) is 43.7 Å². The molecule has 2 heterocycles. The fourth-order valence-corrected chi connectivity index (χ4v) is 5.36. The molecule has 5 nitrogen and oxygen atoms in total. The van der Waals surface area contributed by atoms with E-state index in [0.29, 0.717) is 23.8 Å². The predicted octanol–water partition coefficient (Wildman–Crippen LogP) is 1.66. The first-order chi connectivity index (χ1) is 9.43. The molecule has 2 rings (SSSR count). The number of nitrogens with zero attached hydrogens (tertiary/aromatic N) is 1. The van der Waals surface area contributed by atoms with Gasteiger partial charge in [-0.2, -0.15) is 4.31 Å². The van der Waals surface area contributed by atoms with Crippen molar-refractivity contribution in [3.05, 3.63) is 17.0 Å². The lowest BCUT2D eigenvalue weighted by Crippen LogP contribution is -2.47. The van der Waals surface area contributed by atoms with Gasteiger partial charge in [-0.1, -0.05) is 6.92 Å². The molecule has 0 spiro atoms. The van der Waals surface area contributed by atoms with E-state index < -0.39 is 10.0 Å². The molecule has 2 atom stereocenters. The van der Waals surface area contributed by atoms with Crippen molar-refractivity contribution in [1.82, 2.24) is 9.62 Å². The van der Waals surface area contributed by atoms with Crippen LogP contribution in [0.25, 0.3) is 0 Å². The van der Waals surface area contributed by atoms with Gasteiger partial charge < -0.3 is 10.1 Å². The second kappa shape index (κ2) is 6.53. The van der Waals surface area contributed by atoms with Gasteiger partial charge in [-0.05, 0) is 32.5 Å². The molecule has 0 radical (unpaired) electrons. The number of rotatable bonds is 5. The van der Waals surface area contributed by atoms with E-state index >= 15 is 0 Å². The number of hydrogen-bond acceptors (Lipinski definition) is 5. The van der Waals surface area contributed by atoms with Crippen molar-refractivity contribution in [3.8, 4) is 0 Å². The fourth-order valence-electron chi connectivity index (χ4n) is 2.29. The minimum absolute atomic E-state index is 0.0604. The first-order valence-corrected chi connectivity index (χ1v) is 9.14. The zero-order chi connectivity index (χ0) is 14.8. The third-order valence-electron chi connectivity index (χ3n) is 3.17. The molecule has 1 aliphatic heterocycles. The van der Waals surface area contributed by atoms with Crippen molar-refractivity contribution in [2.75, 3.05) is 19.6 Å². The summed E-state index contributed by atoms with van der Waals surface area (Å²) in [5.41, 5.74) is 0. The molecule has 7 heteroatoms. The van der Waals surface area contributed by atoms with Gasteiger partial charge in [0.2, 0.25) is 0 Å². The van der Waals surface area contributed by atoms with Crippen LogP contribution in [0.4, 0.5) is 0 Å². The van der Waals surface area contributed by atoms with E-state index in [1.54, 1.807) is 6.07 Å². The van der Waals surface area contributed by atoms with Crippen molar-refractivity contribution in [2.24, 2.45) is 0 Å². The van der Waals surface area contributed by atoms with Crippen LogP contribution in [-0.4, -0.2) is 44.6 Å². The van der Waals surface area contributed by atoms with Crippen molar-refractivity contribution in [3.63, 3.8) is 0 Å². The maximum atomic E-state index is 12.6. The van der Waals surface area contributed by atoms with E-state index in [1.165, 1.54) is 15.6 Å². The van der Waals surface area contributed by atoms with E-state index in [2.05, 4.69) is 5.32 Å². The molecule has 1 aromatic rings. The van der Waals surface area contributed by atoms with Gasteiger partial charge >= 0.3 is 0 Å². The first-order valence-electron chi connectivity index (χ1n) is 6.88. The molecule has 0 aliphatic carbocycles. The summed E-state index contributed by atoms with van der Waals surface area (Å²) in [5, 5.41) is 3.20. The van der Waals surface area contributed by atoms with Gasteiger partial charge in [0.1, 0.15) is 4.21 Å². The largest absolute Gasteiger partial charge is 0.373 e. The molecule has 1 aromatic heterocycles. The molecule has 1 saturated heterocycles. The van der Waals surface area contributed by atoms with Gasteiger partial charge in [-0.15, -0.1) is 11.3 Å². The Bertz CT molecular complexity index is 532. The molecule has 0 aromatic carbocycles. The maximum Gasteiger partial charge on any atom is 0.252 e. The highest BCUT2D eigenvalue weighted by molar-refractivity contribution is 7.91. The summed E-state index contributed by atoms with van der Waals surface area (Å²) in [6, 6.07) is 3.59. The predicted molar refractivity (Wildman–Crippen MR) is 80.5 cm³/mol. The lowest BCUT2D eigenvalue weighted by molar-refractivity contribution is -0.0440. The molecule has 1 N–H and O–H groups in total. The van der Waals surface area contributed by atoms with E-state index in [9.17, 15) is 8.42 Å². The summed E-state index contributed by atoms with van der Waals surface area (Å²) < 4.78 is 32.8. The van der Waals surface area contributed by atoms with Crippen LogP contribution in [0.3, 0.4) is 0 Å². The average molecular weight is 318 g/mol. The smallest absolute Gasteiger partial charge is 0.252 e. The maximum absolute atomic E-state index is 12.6. The van der Waals surface area contributed by atoms with Gasteiger partial charge in [-0.3, -0.25) is 0 Å². The summed E-state index contributed by atoms with van der Waals surface area (Å²) in [4.78, 5) is 1.04. The van der Waals surface area contributed by atoms with Crippen molar-refractivity contribution in [1.29, 1.82) is 0 Å². The Morgan fingerprint density at radius 1 is 1.35 bits per heavy atom. The van der Waals surface area contributed by atoms with Crippen LogP contribution >= 0.6 is 11.3 Å². The van der Waals surface area contributed by atoms with Crippen molar-refractivity contribution < 1.29 is 13.2 Å². The molecule has 20 heavy (non-hydrogen) atoms. The first kappa shape index (κ1) is 15.9. The monoisotopic (exact) mass is 318 g/mol. The van der Waals surface area contributed by atoms with Gasteiger partial charge in [0.25, 0.3) is 10.0 Å². The second-order valence-corrected chi connectivity index (χ2v) is 8.41. The van der Waals surface area contributed by atoms with Gasteiger partial charge in [-0.25, -0.2) is 8.42 Å². The minimum Gasteiger partial charge on any atom is -0.373 e. The zero-order valence-corrected chi connectivity index (χ0v) is 13.8. The molecular weight excluding hydrogens is 296 g/mol. The number of morpholine rings is 1. The van der Waals surface area contributed by atoms with Crippen LogP contribution in [0.15, 0.2) is 16.3 Å². The molecule has 1 fully saturated rings. The fraction of sp³-hybridized carbons (Fsp3) is 0.692. The van der Waals surface area contributed by atoms with E-state index in [1.807, 2.05) is 26.8 Å². The quantitative estimate of drug-likeness (QED) is 0.897. The summed E-state index contributed by atoms with van der Waals surface area (Å²) in [6.45, 7) is 8.28.